The van der Waals surface area contributed by atoms with Crippen molar-refractivity contribution < 1.29 is 20.4 Å². The Balaban J connectivity index is 1.79. The van der Waals surface area contributed by atoms with Gasteiger partial charge in [-0.1, -0.05) is 60.7 Å². The van der Waals surface area contributed by atoms with E-state index in [-0.39, 0.29) is 23.0 Å². The normalized spacial score (nSPS) is 13.3. The zero-order valence-corrected chi connectivity index (χ0v) is 18.2. The van der Waals surface area contributed by atoms with Crippen LogP contribution in [0.15, 0.2) is 107 Å². The van der Waals surface area contributed by atoms with Crippen molar-refractivity contribution in [3.63, 3.8) is 0 Å². The Kier molecular flexibility index (Phi) is 6.89. The largest absolute Gasteiger partial charge is 0.508 e. The lowest BCUT2D eigenvalue weighted by atomic mass is 9.94. The number of rotatable bonds is 7. The molecule has 0 radical (unpaired) electrons. The molecule has 0 saturated heterocycles. The van der Waals surface area contributed by atoms with Gasteiger partial charge in [0.1, 0.15) is 35.1 Å². The first-order chi connectivity index (χ1) is 16.5. The van der Waals surface area contributed by atoms with Gasteiger partial charge in [0.15, 0.2) is 0 Å². The van der Waals surface area contributed by atoms with Gasteiger partial charge in [0.25, 0.3) is 0 Å². The molecular formula is C28H24N2O4. The van der Waals surface area contributed by atoms with Crippen LogP contribution in [0.3, 0.4) is 0 Å². The number of nitrogens with zero attached hydrogens (tertiary/aromatic N) is 2. The topological polar surface area (TPSA) is 106 Å². The molecule has 0 saturated carbocycles. The van der Waals surface area contributed by atoms with Crippen LogP contribution in [0.1, 0.15) is 34.3 Å². The lowest BCUT2D eigenvalue weighted by molar-refractivity contribution is 0.449. The molecule has 0 aliphatic carbocycles. The van der Waals surface area contributed by atoms with Crippen molar-refractivity contribution in [3.05, 3.63) is 119 Å². The molecule has 0 unspecified atom stereocenters. The number of phenols is 4. The summed E-state index contributed by atoms with van der Waals surface area (Å²) in [6.07, 6.45) is 3.13. The first kappa shape index (κ1) is 22.6. The van der Waals surface area contributed by atoms with Gasteiger partial charge in [-0.2, -0.15) is 0 Å². The molecule has 4 aromatic rings. The average molecular weight is 453 g/mol. The van der Waals surface area contributed by atoms with Crippen molar-refractivity contribution in [2.75, 3.05) is 0 Å². The van der Waals surface area contributed by atoms with Gasteiger partial charge in [0.2, 0.25) is 0 Å². The maximum absolute atomic E-state index is 10.2. The molecule has 4 aromatic carbocycles. The van der Waals surface area contributed by atoms with Crippen LogP contribution in [0.4, 0.5) is 0 Å². The smallest absolute Gasteiger partial charge is 0.128 e. The molecule has 6 nitrogen and oxygen atoms in total. The Hall–Kier alpha value is -4.58. The van der Waals surface area contributed by atoms with Gasteiger partial charge in [-0.25, -0.2) is 0 Å². The third kappa shape index (κ3) is 5.42. The van der Waals surface area contributed by atoms with Gasteiger partial charge >= 0.3 is 0 Å². The van der Waals surface area contributed by atoms with Crippen molar-refractivity contribution in [3.8, 4) is 23.0 Å². The molecule has 0 spiro atoms. The van der Waals surface area contributed by atoms with Crippen molar-refractivity contribution in [2.24, 2.45) is 9.98 Å². The number of aliphatic imine (C=N–C) groups is 2. The molecule has 6 heteroatoms. The highest BCUT2D eigenvalue weighted by Gasteiger charge is 2.23. The number of hydrogen-bond donors (Lipinski definition) is 4. The maximum atomic E-state index is 10.2. The highest BCUT2D eigenvalue weighted by atomic mass is 16.3. The van der Waals surface area contributed by atoms with E-state index < -0.39 is 12.1 Å². The van der Waals surface area contributed by atoms with Crippen molar-refractivity contribution in [2.45, 2.75) is 12.1 Å². The fraction of sp³-hybridized carbons (Fsp3) is 0.0714. The van der Waals surface area contributed by atoms with Crippen LogP contribution < -0.4 is 0 Å². The summed E-state index contributed by atoms with van der Waals surface area (Å²) < 4.78 is 0. The third-order valence-corrected chi connectivity index (χ3v) is 5.36. The van der Waals surface area contributed by atoms with E-state index in [2.05, 4.69) is 0 Å². The Bertz CT molecular complexity index is 1200. The SMILES string of the molecule is Oc1ccc(C=N[C@H](c2ccccc2)[C@H](N=Cc2ccc(O)cc2O)c2ccccc2)c(O)c1. The highest BCUT2D eigenvalue weighted by molar-refractivity contribution is 5.85. The second-order valence-corrected chi connectivity index (χ2v) is 7.75. The van der Waals surface area contributed by atoms with Crippen LogP contribution in [-0.4, -0.2) is 32.9 Å². The lowest BCUT2D eigenvalue weighted by Crippen LogP contribution is -2.09. The molecule has 0 fully saturated rings. The Morgan fingerprint density at radius 1 is 0.500 bits per heavy atom. The van der Waals surface area contributed by atoms with Gasteiger partial charge in [-0.15, -0.1) is 0 Å². The van der Waals surface area contributed by atoms with E-state index in [1.165, 1.54) is 24.3 Å². The lowest BCUT2D eigenvalue weighted by Gasteiger charge is -2.22. The van der Waals surface area contributed by atoms with Crippen molar-refractivity contribution >= 4 is 12.4 Å². The molecule has 0 heterocycles. The van der Waals surface area contributed by atoms with E-state index in [0.717, 1.165) is 11.1 Å². The number of benzene rings is 4. The van der Waals surface area contributed by atoms with Gasteiger partial charge in [0, 0.05) is 35.7 Å². The summed E-state index contributed by atoms with van der Waals surface area (Å²) in [5, 5.41) is 39.6. The fourth-order valence-corrected chi connectivity index (χ4v) is 3.60. The molecule has 4 N–H and O–H groups in total. The van der Waals surface area contributed by atoms with Crippen molar-refractivity contribution in [1.82, 2.24) is 0 Å². The summed E-state index contributed by atoms with van der Waals surface area (Å²) in [6, 6.07) is 27.2. The number of phenolic OH excluding ortho intramolecular Hbond substituents is 4. The first-order valence-corrected chi connectivity index (χ1v) is 10.7. The predicted molar refractivity (Wildman–Crippen MR) is 133 cm³/mol. The number of hydrogen-bond acceptors (Lipinski definition) is 6. The second kappa shape index (κ2) is 10.4. The first-order valence-electron chi connectivity index (χ1n) is 10.7. The van der Waals surface area contributed by atoms with E-state index in [1.54, 1.807) is 24.6 Å². The molecule has 0 aromatic heterocycles. The zero-order chi connectivity index (χ0) is 23.9. The highest BCUT2D eigenvalue weighted by Crippen LogP contribution is 2.36. The van der Waals surface area contributed by atoms with E-state index in [1.807, 2.05) is 60.7 Å². The average Bonchev–Trinajstić information content (AvgIpc) is 2.84. The molecule has 2 atom stereocenters. The van der Waals surface area contributed by atoms with E-state index in [9.17, 15) is 20.4 Å². The van der Waals surface area contributed by atoms with Crippen LogP contribution in [0, 0.1) is 0 Å². The Labute approximate surface area is 197 Å². The fourth-order valence-electron chi connectivity index (χ4n) is 3.60. The molecule has 170 valence electrons. The number of aromatic hydroxyl groups is 4. The molecule has 0 aliphatic rings. The standard InChI is InChI=1S/C28H24N2O4/c31-23-13-11-21(25(33)15-23)17-29-27(19-7-3-1-4-8-19)28(20-9-5-2-6-10-20)30-18-22-12-14-24(32)16-26(22)34/h1-18,27-28,31-34H/t27-,28-/m1/s1. The minimum absolute atomic E-state index is 0.0327. The molecule has 0 aliphatic heterocycles. The summed E-state index contributed by atoms with van der Waals surface area (Å²) in [6.45, 7) is 0. The molecule has 0 bridgehead atoms. The molecule has 34 heavy (non-hydrogen) atoms. The summed E-state index contributed by atoms with van der Waals surface area (Å²) in [7, 11) is 0. The van der Waals surface area contributed by atoms with Crippen LogP contribution in [-0.2, 0) is 0 Å². The van der Waals surface area contributed by atoms with Gasteiger partial charge in [0.05, 0.1) is 0 Å². The summed E-state index contributed by atoms with van der Waals surface area (Å²) >= 11 is 0. The van der Waals surface area contributed by atoms with Crippen LogP contribution in [0.5, 0.6) is 23.0 Å². The summed E-state index contributed by atoms with van der Waals surface area (Å²) in [5.74, 6) is -0.224. The molecule has 4 rings (SSSR count). The van der Waals surface area contributed by atoms with E-state index >= 15 is 0 Å². The predicted octanol–water partition coefficient (Wildman–Crippen LogP) is 5.53. The molecule has 0 amide bonds. The third-order valence-electron chi connectivity index (χ3n) is 5.36. The monoisotopic (exact) mass is 452 g/mol. The second-order valence-electron chi connectivity index (χ2n) is 7.75. The summed E-state index contributed by atoms with van der Waals surface area (Å²) in [4.78, 5) is 9.59. The van der Waals surface area contributed by atoms with Gasteiger partial charge in [-0.05, 0) is 35.4 Å². The molecular weight excluding hydrogens is 428 g/mol. The zero-order valence-electron chi connectivity index (χ0n) is 18.2. The van der Waals surface area contributed by atoms with E-state index in [0.29, 0.717) is 11.1 Å². The van der Waals surface area contributed by atoms with Crippen molar-refractivity contribution in [1.29, 1.82) is 0 Å². The maximum Gasteiger partial charge on any atom is 0.128 e. The minimum Gasteiger partial charge on any atom is -0.508 e. The van der Waals surface area contributed by atoms with Crippen LogP contribution >= 0.6 is 0 Å². The minimum atomic E-state index is -0.452. The van der Waals surface area contributed by atoms with Gasteiger partial charge in [-0.3, -0.25) is 9.98 Å². The Morgan fingerprint density at radius 2 is 0.882 bits per heavy atom. The summed E-state index contributed by atoms with van der Waals surface area (Å²) in [5.41, 5.74) is 2.76. The van der Waals surface area contributed by atoms with Gasteiger partial charge < -0.3 is 20.4 Å². The van der Waals surface area contributed by atoms with Crippen LogP contribution in [0.2, 0.25) is 0 Å². The van der Waals surface area contributed by atoms with E-state index in [4.69, 9.17) is 9.98 Å². The van der Waals surface area contributed by atoms with Crippen LogP contribution in [0.25, 0.3) is 0 Å². The Morgan fingerprint density at radius 3 is 1.24 bits per heavy atom. The quantitative estimate of drug-likeness (QED) is 0.277.